The summed E-state index contributed by atoms with van der Waals surface area (Å²) in [5, 5.41) is 13.2. The monoisotopic (exact) mass is 412 g/mol. The Morgan fingerprint density at radius 2 is 1.68 bits per heavy atom. The fraction of sp³-hybridized carbons (Fsp3) is 0.0455. The molecule has 0 atom stereocenters. The molecule has 0 amide bonds. The van der Waals surface area contributed by atoms with Gasteiger partial charge in [0, 0.05) is 15.4 Å². The first-order chi connectivity index (χ1) is 13.5. The summed E-state index contributed by atoms with van der Waals surface area (Å²) < 4.78 is 10.7. The maximum Gasteiger partial charge on any atom is 0.348 e. The number of hydrogen-bond donors (Lipinski definition) is 1. The Hall–Kier alpha value is -2.95. The van der Waals surface area contributed by atoms with E-state index in [2.05, 4.69) is 0 Å². The second kappa shape index (κ2) is 7.23. The Balaban J connectivity index is 1.85. The van der Waals surface area contributed by atoms with E-state index >= 15 is 0 Å². The molecule has 6 heteroatoms. The standard InChI is InChI=1S/C22H14Cl2O4/c1-27-18-7-6-12(16-4-2-3-5-17(16)18)10-19-21(25)20(22(26)28-19)13-8-14(23)11-15(24)9-13/h2-11,25H,1H3/b19-10-. The summed E-state index contributed by atoms with van der Waals surface area (Å²) in [5.41, 5.74) is 1.19. The predicted octanol–water partition coefficient (Wildman–Crippen LogP) is 6.02. The highest BCUT2D eigenvalue weighted by Gasteiger charge is 2.31. The number of ether oxygens (including phenoxy) is 2. The summed E-state index contributed by atoms with van der Waals surface area (Å²) in [6.07, 6.45) is 1.62. The molecule has 4 nitrogen and oxygen atoms in total. The molecule has 1 aliphatic heterocycles. The summed E-state index contributed by atoms with van der Waals surface area (Å²) in [4.78, 5) is 12.4. The third-order valence-electron chi connectivity index (χ3n) is 4.45. The number of rotatable bonds is 3. The van der Waals surface area contributed by atoms with Gasteiger partial charge >= 0.3 is 5.97 Å². The summed E-state index contributed by atoms with van der Waals surface area (Å²) in [6.45, 7) is 0. The van der Waals surface area contributed by atoms with Gasteiger partial charge in [0.2, 0.25) is 0 Å². The molecular weight excluding hydrogens is 399 g/mol. The number of carbonyl (C=O) groups is 1. The van der Waals surface area contributed by atoms with Crippen molar-refractivity contribution in [1.29, 1.82) is 0 Å². The molecule has 3 aromatic rings. The molecule has 0 aliphatic carbocycles. The van der Waals surface area contributed by atoms with Gasteiger partial charge in [-0.25, -0.2) is 4.79 Å². The molecule has 0 unspecified atom stereocenters. The van der Waals surface area contributed by atoms with Crippen LogP contribution in [-0.4, -0.2) is 18.2 Å². The van der Waals surface area contributed by atoms with Crippen LogP contribution in [0.1, 0.15) is 11.1 Å². The van der Waals surface area contributed by atoms with Crippen LogP contribution in [0.25, 0.3) is 22.4 Å². The zero-order valence-corrected chi connectivity index (χ0v) is 16.2. The lowest BCUT2D eigenvalue weighted by Gasteiger charge is -2.08. The number of cyclic esters (lactones) is 1. The van der Waals surface area contributed by atoms with E-state index in [1.807, 2.05) is 36.4 Å². The number of fused-ring (bicyclic) bond motifs is 1. The van der Waals surface area contributed by atoms with Gasteiger partial charge < -0.3 is 14.6 Å². The van der Waals surface area contributed by atoms with E-state index in [0.717, 1.165) is 22.1 Å². The number of halogens is 2. The average molecular weight is 413 g/mol. The van der Waals surface area contributed by atoms with E-state index in [-0.39, 0.29) is 17.1 Å². The summed E-state index contributed by atoms with van der Waals surface area (Å²) >= 11 is 12.0. The molecule has 0 spiro atoms. The third-order valence-corrected chi connectivity index (χ3v) is 4.89. The van der Waals surface area contributed by atoms with Crippen molar-refractivity contribution in [3.8, 4) is 5.75 Å². The fourth-order valence-electron chi connectivity index (χ4n) is 3.21. The van der Waals surface area contributed by atoms with Crippen molar-refractivity contribution < 1.29 is 19.4 Å². The minimum Gasteiger partial charge on any atom is -0.504 e. The molecule has 0 fully saturated rings. The van der Waals surface area contributed by atoms with Gasteiger partial charge in [-0.1, -0.05) is 53.5 Å². The van der Waals surface area contributed by atoms with Crippen molar-refractivity contribution in [3.63, 3.8) is 0 Å². The second-order valence-corrected chi connectivity index (χ2v) is 7.06. The highest BCUT2D eigenvalue weighted by atomic mass is 35.5. The van der Waals surface area contributed by atoms with Crippen LogP contribution in [0.2, 0.25) is 10.0 Å². The van der Waals surface area contributed by atoms with Crippen LogP contribution < -0.4 is 4.74 Å². The quantitative estimate of drug-likeness (QED) is 0.534. The lowest BCUT2D eigenvalue weighted by atomic mass is 10.0. The van der Waals surface area contributed by atoms with E-state index in [4.69, 9.17) is 32.7 Å². The number of hydrogen-bond acceptors (Lipinski definition) is 4. The van der Waals surface area contributed by atoms with Crippen LogP contribution in [0.15, 0.2) is 66.1 Å². The number of methoxy groups -OCH3 is 1. The first kappa shape index (κ1) is 18.4. The van der Waals surface area contributed by atoms with Crippen molar-refractivity contribution in [2.24, 2.45) is 0 Å². The van der Waals surface area contributed by atoms with Crippen LogP contribution in [-0.2, 0) is 9.53 Å². The van der Waals surface area contributed by atoms with Gasteiger partial charge in [-0.2, -0.15) is 0 Å². The zero-order chi connectivity index (χ0) is 19.8. The normalized spacial score (nSPS) is 15.4. The number of carbonyl (C=O) groups excluding carboxylic acids is 1. The fourth-order valence-corrected chi connectivity index (χ4v) is 3.74. The lowest BCUT2D eigenvalue weighted by Crippen LogP contribution is -1.98. The molecule has 28 heavy (non-hydrogen) atoms. The predicted molar refractivity (Wildman–Crippen MR) is 111 cm³/mol. The highest BCUT2D eigenvalue weighted by molar-refractivity contribution is 6.35. The van der Waals surface area contributed by atoms with E-state index in [0.29, 0.717) is 15.6 Å². The first-order valence-corrected chi connectivity index (χ1v) is 9.13. The third kappa shape index (κ3) is 3.21. The minimum absolute atomic E-state index is 0.0217. The van der Waals surface area contributed by atoms with Crippen molar-refractivity contribution in [3.05, 3.63) is 87.3 Å². The Bertz CT molecular complexity index is 1160. The SMILES string of the molecule is COc1ccc(/C=C2\OC(=O)C(c3cc(Cl)cc(Cl)c3)=C2O)c2ccccc12. The summed E-state index contributed by atoms with van der Waals surface area (Å²) in [7, 11) is 1.61. The van der Waals surface area contributed by atoms with Crippen molar-refractivity contribution in [2.45, 2.75) is 0 Å². The number of esters is 1. The molecule has 1 heterocycles. The van der Waals surface area contributed by atoms with Gasteiger partial charge in [-0.15, -0.1) is 0 Å². The largest absolute Gasteiger partial charge is 0.504 e. The molecule has 3 aromatic carbocycles. The average Bonchev–Trinajstić information content (AvgIpc) is 2.94. The van der Waals surface area contributed by atoms with Crippen LogP contribution >= 0.6 is 23.2 Å². The van der Waals surface area contributed by atoms with Crippen LogP contribution in [0, 0.1) is 0 Å². The van der Waals surface area contributed by atoms with E-state index < -0.39 is 5.97 Å². The Labute approximate surface area is 171 Å². The van der Waals surface area contributed by atoms with Gasteiger partial charge in [-0.3, -0.25) is 0 Å². The van der Waals surface area contributed by atoms with Crippen molar-refractivity contribution >= 4 is 51.6 Å². The van der Waals surface area contributed by atoms with Gasteiger partial charge in [0.15, 0.2) is 11.5 Å². The Morgan fingerprint density at radius 1 is 1.00 bits per heavy atom. The lowest BCUT2D eigenvalue weighted by molar-refractivity contribution is -0.131. The molecule has 1 N–H and O–H groups in total. The zero-order valence-electron chi connectivity index (χ0n) is 14.7. The molecule has 140 valence electrons. The van der Waals surface area contributed by atoms with Crippen LogP contribution in [0.4, 0.5) is 0 Å². The van der Waals surface area contributed by atoms with E-state index in [1.54, 1.807) is 31.4 Å². The van der Waals surface area contributed by atoms with E-state index in [1.165, 1.54) is 0 Å². The number of aliphatic hydroxyl groups excluding tert-OH is 1. The van der Waals surface area contributed by atoms with Crippen LogP contribution in [0.5, 0.6) is 5.75 Å². The summed E-state index contributed by atoms with van der Waals surface area (Å²) in [6, 6.07) is 16.0. The first-order valence-electron chi connectivity index (χ1n) is 8.37. The topological polar surface area (TPSA) is 55.8 Å². The molecular formula is C22H14Cl2O4. The van der Waals surface area contributed by atoms with Crippen molar-refractivity contribution in [2.75, 3.05) is 7.11 Å². The summed E-state index contributed by atoms with van der Waals surface area (Å²) in [5.74, 6) is -0.135. The molecule has 4 rings (SSSR count). The Morgan fingerprint density at radius 3 is 2.36 bits per heavy atom. The molecule has 0 radical (unpaired) electrons. The molecule has 0 bridgehead atoms. The highest BCUT2D eigenvalue weighted by Crippen LogP contribution is 2.36. The number of benzene rings is 3. The van der Waals surface area contributed by atoms with E-state index in [9.17, 15) is 9.90 Å². The van der Waals surface area contributed by atoms with Crippen molar-refractivity contribution in [1.82, 2.24) is 0 Å². The maximum absolute atomic E-state index is 12.4. The molecule has 0 saturated heterocycles. The second-order valence-electron chi connectivity index (χ2n) is 6.18. The minimum atomic E-state index is -0.667. The maximum atomic E-state index is 12.4. The van der Waals surface area contributed by atoms with Crippen LogP contribution in [0.3, 0.4) is 0 Å². The molecule has 1 aliphatic rings. The molecule has 0 aromatic heterocycles. The van der Waals surface area contributed by atoms with Gasteiger partial charge in [0.25, 0.3) is 0 Å². The molecule has 0 saturated carbocycles. The number of aliphatic hydroxyl groups is 1. The van der Waals surface area contributed by atoms with Gasteiger partial charge in [0.1, 0.15) is 11.3 Å². The smallest absolute Gasteiger partial charge is 0.348 e. The Kier molecular flexibility index (Phi) is 4.75. The van der Waals surface area contributed by atoms with Gasteiger partial charge in [0.05, 0.1) is 7.11 Å². The van der Waals surface area contributed by atoms with Gasteiger partial charge in [-0.05, 0) is 46.9 Å².